The maximum Gasteiger partial charge on any atom is 0.255 e. The van der Waals surface area contributed by atoms with Crippen LogP contribution < -0.4 is 20.3 Å². The second kappa shape index (κ2) is 6.09. The summed E-state index contributed by atoms with van der Waals surface area (Å²) in [5.41, 5.74) is 0.319. The third-order valence-electron chi connectivity index (χ3n) is 3.03. The molecule has 6 nitrogen and oxygen atoms in total. The van der Waals surface area contributed by atoms with Crippen LogP contribution in [-0.4, -0.2) is 28.6 Å². The van der Waals surface area contributed by atoms with Crippen LogP contribution in [0, 0.1) is 0 Å². The van der Waals surface area contributed by atoms with Gasteiger partial charge in [0.25, 0.3) is 5.56 Å². The van der Waals surface area contributed by atoms with Crippen LogP contribution in [-0.2, 0) is 6.42 Å². The van der Waals surface area contributed by atoms with E-state index in [-0.39, 0.29) is 5.56 Å². The monoisotopic (exact) mass is 305 g/mol. The molecule has 3 rings (SSSR count). The third-order valence-corrected chi connectivity index (χ3v) is 3.25. The first-order chi connectivity index (χ1) is 10.3. The first-order valence-corrected chi connectivity index (χ1v) is 7.25. The molecule has 0 spiro atoms. The van der Waals surface area contributed by atoms with Gasteiger partial charge < -0.3 is 14.8 Å². The van der Waals surface area contributed by atoms with Gasteiger partial charge in [0.15, 0.2) is 11.5 Å². The fourth-order valence-corrected chi connectivity index (χ4v) is 2.16. The van der Waals surface area contributed by atoms with E-state index in [0.29, 0.717) is 41.7 Å². The maximum absolute atomic E-state index is 12.0. The molecule has 0 bridgehead atoms. The van der Waals surface area contributed by atoms with E-state index in [1.807, 2.05) is 24.3 Å². The fourth-order valence-electron chi connectivity index (χ4n) is 2.05. The van der Waals surface area contributed by atoms with Crippen molar-refractivity contribution < 1.29 is 9.47 Å². The lowest BCUT2D eigenvalue weighted by atomic mass is 10.2. The Hall–Kier alpha value is -2.15. The number of fused-ring (bicyclic) bond motifs is 1. The second-order valence-electron chi connectivity index (χ2n) is 4.55. The SMILES string of the molecule is O=c1[nH]c(NCCS)ncc1CC1Oc2ccccc2O1. The summed E-state index contributed by atoms with van der Waals surface area (Å²) < 4.78 is 11.3. The van der Waals surface area contributed by atoms with Crippen molar-refractivity contribution in [3.63, 3.8) is 0 Å². The summed E-state index contributed by atoms with van der Waals surface area (Å²) in [4.78, 5) is 18.8. The van der Waals surface area contributed by atoms with Gasteiger partial charge in [0.2, 0.25) is 12.2 Å². The van der Waals surface area contributed by atoms with Crippen LogP contribution in [0.4, 0.5) is 5.95 Å². The summed E-state index contributed by atoms with van der Waals surface area (Å²) in [5, 5.41) is 2.96. The zero-order chi connectivity index (χ0) is 14.7. The minimum atomic E-state index is -0.499. The summed E-state index contributed by atoms with van der Waals surface area (Å²) in [6.45, 7) is 0.634. The van der Waals surface area contributed by atoms with E-state index >= 15 is 0 Å². The molecule has 1 aliphatic heterocycles. The van der Waals surface area contributed by atoms with E-state index in [0.717, 1.165) is 0 Å². The van der Waals surface area contributed by atoms with E-state index in [1.165, 1.54) is 6.20 Å². The number of H-pyrrole nitrogens is 1. The van der Waals surface area contributed by atoms with Crippen molar-refractivity contribution in [2.24, 2.45) is 0 Å². The highest BCUT2D eigenvalue weighted by Gasteiger charge is 2.24. The van der Waals surface area contributed by atoms with Gasteiger partial charge in [-0.2, -0.15) is 12.6 Å². The summed E-state index contributed by atoms with van der Waals surface area (Å²) in [6, 6.07) is 7.42. The van der Waals surface area contributed by atoms with Gasteiger partial charge in [-0.05, 0) is 12.1 Å². The molecular weight excluding hydrogens is 290 g/mol. The Kier molecular flexibility index (Phi) is 4.01. The van der Waals surface area contributed by atoms with E-state index in [1.54, 1.807) is 0 Å². The van der Waals surface area contributed by atoms with Crippen LogP contribution in [0.5, 0.6) is 11.5 Å². The Morgan fingerprint density at radius 3 is 2.62 bits per heavy atom. The highest BCUT2D eigenvalue weighted by molar-refractivity contribution is 7.80. The number of aromatic amines is 1. The quantitative estimate of drug-likeness (QED) is 0.729. The Morgan fingerprint density at radius 2 is 2.00 bits per heavy atom. The van der Waals surface area contributed by atoms with E-state index in [2.05, 4.69) is 27.9 Å². The molecule has 7 heteroatoms. The number of benzene rings is 1. The largest absolute Gasteiger partial charge is 0.451 e. The predicted molar refractivity (Wildman–Crippen MR) is 82.4 cm³/mol. The number of hydrogen-bond donors (Lipinski definition) is 3. The smallest absolute Gasteiger partial charge is 0.255 e. The topological polar surface area (TPSA) is 76.2 Å². The van der Waals surface area contributed by atoms with Gasteiger partial charge in [0, 0.05) is 24.1 Å². The van der Waals surface area contributed by atoms with Crippen LogP contribution in [0.1, 0.15) is 5.56 Å². The number of hydrogen-bond acceptors (Lipinski definition) is 6. The van der Waals surface area contributed by atoms with Gasteiger partial charge in [-0.3, -0.25) is 9.78 Å². The number of anilines is 1. The molecule has 110 valence electrons. The molecular formula is C14H15N3O3S. The van der Waals surface area contributed by atoms with E-state index < -0.39 is 6.29 Å². The minimum Gasteiger partial charge on any atom is -0.451 e. The van der Waals surface area contributed by atoms with Crippen molar-refractivity contribution in [1.29, 1.82) is 0 Å². The average molecular weight is 305 g/mol. The molecule has 1 aliphatic rings. The molecule has 21 heavy (non-hydrogen) atoms. The molecule has 2 N–H and O–H groups in total. The lowest BCUT2D eigenvalue weighted by Crippen LogP contribution is -2.26. The van der Waals surface area contributed by atoms with Gasteiger partial charge in [-0.15, -0.1) is 0 Å². The molecule has 1 aromatic carbocycles. The minimum absolute atomic E-state index is 0.199. The van der Waals surface area contributed by atoms with Gasteiger partial charge in [-0.1, -0.05) is 12.1 Å². The molecule has 2 aromatic rings. The van der Waals surface area contributed by atoms with Crippen LogP contribution in [0.25, 0.3) is 0 Å². The van der Waals surface area contributed by atoms with Crippen molar-refractivity contribution in [1.82, 2.24) is 9.97 Å². The fraction of sp³-hybridized carbons (Fsp3) is 0.286. The van der Waals surface area contributed by atoms with Crippen LogP contribution >= 0.6 is 12.6 Å². The molecule has 0 fully saturated rings. The van der Waals surface area contributed by atoms with Crippen LogP contribution in [0.3, 0.4) is 0 Å². The number of nitrogens with one attached hydrogen (secondary N) is 2. The predicted octanol–water partition coefficient (Wildman–Crippen LogP) is 1.45. The molecule has 0 saturated heterocycles. The van der Waals surface area contributed by atoms with Crippen LogP contribution in [0.15, 0.2) is 35.3 Å². The number of ether oxygens (including phenoxy) is 2. The van der Waals surface area contributed by atoms with E-state index in [4.69, 9.17) is 9.47 Å². The highest BCUT2D eigenvalue weighted by Crippen LogP contribution is 2.34. The van der Waals surface area contributed by atoms with Crippen molar-refractivity contribution in [2.75, 3.05) is 17.6 Å². The molecule has 1 aromatic heterocycles. The number of thiol groups is 1. The first kappa shape index (κ1) is 13.8. The number of aromatic nitrogens is 2. The first-order valence-electron chi connectivity index (χ1n) is 6.61. The van der Waals surface area contributed by atoms with Crippen LogP contribution in [0.2, 0.25) is 0 Å². The zero-order valence-corrected chi connectivity index (χ0v) is 12.1. The average Bonchev–Trinajstić information content (AvgIpc) is 2.90. The van der Waals surface area contributed by atoms with Crippen molar-refractivity contribution in [3.05, 3.63) is 46.4 Å². The lowest BCUT2D eigenvalue weighted by molar-refractivity contribution is 0.0499. The second-order valence-corrected chi connectivity index (χ2v) is 5.00. The van der Waals surface area contributed by atoms with Gasteiger partial charge in [0.1, 0.15) is 0 Å². The molecule has 0 unspecified atom stereocenters. The Balaban J connectivity index is 1.68. The number of para-hydroxylation sites is 2. The molecule has 0 atom stereocenters. The van der Waals surface area contributed by atoms with Crippen molar-refractivity contribution >= 4 is 18.6 Å². The number of nitrogens with zero attached hydrogens (tertiary/aromatic N) is 1. The molecule has 0 amide bonds. The summed E-state index contributed by atoms with van der Waals surface area (Å²) in [7, 11) is 0. The zero-order valence-electron chi connectivity index (χ0n) is 11.2. The molecule has 0 aliphatic carbocycles. The molecule has 0 radical (unpaired) electrons. The Bertz CT molecular complexity index is 664. The lowest BCUT2D eigenvalue weighted by Gasteiger charge is -2.10. The highest BCUT2D eigenvalue weighted by atomic mass is 32.1. The number of rotatable bonds is 5. The molecule has 2 heterocycles. The van der Waals surface area contributed by atoms with Gasteiger partial charge in [0.05, 0.1) is 6.42 Å². The summed E-state index contributed by atoms with van der Waals surface area (Å²) in [6.07, 6.45) is 1.38. The van der Waals surface area contributed by atoms with Gasteiger partial charge >= 0.3 is 0 Å². The third kappa shape index (κ3) is 3.13. The Labute approximate surface area is 126 Å². The normalized spacial score (nSPS) is 13.4. The molecule has 0 saturated carbocycles. The Morgan fingerprint density at radius 1 is 1.29 bits per heavy atom. The van der Waals surface area contributed by atoms with Crippen molar-refractivity contribution in [3.8, 4) is 11.5 Å². The van der Waals surface area contributed by atoms with E-state index in [9.17, 15) is 4.79 Å². The standard InChI is InChI=1S/C14H15N3O3S/c18-13-9(8-16-14(17-13)15-5-6-21)7-12-19-10-3-1-2-4-11(10)20-12/h1-4,8,12,21H,5-7H2,(H2,15,16,17,18). The van der Waals surface area contributed by atoms with Gasteiger partial charge in [-0.25, -0.2) is 4.98 Å². The summed E-state index contributed by atoms with van der Waals surface area (Å²) in [5.74, 6) is 2.49. The maximum atomic E-state index is 12.0. The van der Waals surface area contributed by atoms with Crippen molar-refractivity contribution in [2.45, 2.75) is 12.7 Å². The summed E-state index contributed by atoms with van der Waals surface area (Å²) >= 11 is 4.08.